The Labute approximate surface area is 89.7 Å². The van der Waals surface area contributed by atoms with Gasteiger partial charge in [-0.05, 0) is 32.9 Å². The fourth-order valence-corrected chi connectivity index (χ4v) is 1.08. The van der Waals surface area contributed by atoms with Crippen molar-refractivity contribution in [1.82, 2.24) is 10.3 Å². The third-order valence-corrected chi connectivity index (χ3v) is 1.75. The quantitative estimate of drug-likeness (QED) is 0.813. The molecule has 15 heavy (non-hydrogen) atoms. The number of carbonyl (C=O) groups excluding carboxylic acids is 1. The van der Waals surface area contributed by atoms with Crippen LogP contribution in [-0.2, 0) is 4.79 Å². The number of carbonyl (C=O) groups is 1. The highest BCUT2D eigenvalue weighted by Crippen LogP contribution is 2.08. The molecule has 1 amide bonds. The van der Waals surface area contributed by atoms with Crippen LogP contribution in [0.25, 0.3) is 0 Å². The van der Waals surface area contributed by atoms with E-state index in [1.54, 1.807) is 31.5 Å². The highest BCUT2D eigenvalue weighted by Gasteiger charge is 2.14. The average molecular weight is 208 g/mol. The summed E-state index contributed by atoms with van der Waals surface area (Å²) in [6.45, 7) is 5.54. The number of hydrogen-bond acceptors (Lipinski definition) is 3. The number of rotatable bonds is 4. The van der Waals surface area contributed by atoms with Crippen LogP contribution in [0.15, 0.2) is 24.5 Å². The zero-order valence-corrected chi connectivity index (χ0v) is 9.23. The average Bonchev–Trinajstić information content (AvgIpc) is 2.18. The van der Waals surface area contributed by atoms with Gasteiger partial charge < -0.3 is 10.1 Å². The molecule has 0 radical (unpaired) electrons. The van der Waals surface area contributed by atoms with E-state index in [-0.39, 0.29) is 11.9 Å². The summed E-state index contributed by atoms with van der Waals surface area (Å²) in [5.41, 5.74) is 0. The number of hydrogen-bond donors (Lipinski definition) is 1. The van der Waals surface area contributed by atoms with E-state index in [0.29, 0.717) is 5.75 Å². The first-order chi connectivity index (χ1) is 7.09. The van der Waals surface area contributed by atoms with E-state index in [1.165, 1.54) is 0 Å². The molecule has 0 aliphatic carbocycles. The van der Waals surface area contributed by atoms with Crippen molar-refractivity contribution < 1.29 is 9.53 Å². The van der Waals surface area contributed by atoms with Gasteiger partial charge in [-0.1, -0.05) is 0 Å². The van der Waals surface area contributed by atoms with Gasteiger partial charge in [0.15, 0.2) is 6.10 Å². The standard InChI is InChI=1S/C11H16N2O2/c1-8(2)13-11(14)9(3)15-10-5-4-6-12-7-10/h4-9H,1-3H3,(H,13,14). The lowest BCUT2D eigenvalue weighted by molar-refractivity contribution is -0.127. The molecule has 1 heterocycles. The summed E-state index contributed by atoms with van der Waals surface area (Å²) in [6, 6.07) is 3.66. The van der Waals surface area contributed by atoms with Gasteiger partial charge in [-0.15, -0.1) is 0 Å². The van der Waals surface area contributed by atoms with Gasteiger partial charge in [0.05, 0.1) is 6.20 Å². The number of amides is 1. The largest absolute Gasteiger partial charge is 0.479 e. The molecule has 0 spiro atoms. The van der Waals surface area contributed by atoms with Crippen molar-refractivity contribution in [2.75, 3.05) is 0 Å². The SMILES string of the molecule is CC(C)NC(=O)C(C)Oc1cccnc1. The van der Waals surface area contributed by atoms with Gasteiger partial charge in [0.1, 0.15) is 5.75 Å². The van der Waals surface area contributed by atoms with E-state index < -0.39 is 6.10 Å². The first-order valence-corrected chi connectivity index (χ1v) is 4.96. The minimum atomic E-state index is -0.503. The molecule has 0 saturated carbocycles. The lowest BCUT2D eigenvalue weighted by atomic mass is 10.3. The monoisotopic (exact) mass is 208 g/mol. The highest BCUT2D eigenvalue weighted by molar-refractivity contribution is 5.80. The second-order valence-electron chi connectivity index (χ2n) is 3.61. The number of aromatic nitrogens is 1. The molecule has 0 aliphatic rings. The van der Waals surface area contributed by atoms with Gasteiger partial charge in [-0.3, -0.25) is 9.78 Å². The maximum atomic E-state index is 11.5. The van der Waals surface area contributed by atoms with Crippen LogP contribution in [0.4, 0.5) is 0 Å². The molecule has 1 aromatic heterocycles. The lowest BCUT2D eigenvalue weighted by Crippen LogP contribution is -2.40. The van der Waals surface area contributed by atoms with E-state index in [4.69, 9.17) is 4.74 Å². The van der Waals surface area contributed by atoms with Crippen LogP contribution < -0.4 is 10.1 Å². The molecule has 0 aliphatic heterocycles. The second kappa shape index (κ2) is 5.34. The zero-order valence-electron chi connectivity index (χ0n) is 9.23. The van der Waals surface area contributed by atoms with E-state index in [2.05, 4.69) is 10.3 Å². The Bertz CT molecular complexity index is 312. The zero-order chi connectivity index (χ0) is 11.3. The maximum absolute atomic E-state index is 11.5. The molecule has 1 rings (SSSR count). The molecule has 4 heteroatoms. The smallest absolute Gasteiger partial charge is 0.260 e. The summed E-state index contributed by atoms with van der Waals surface area (Å²) < 4.78 is 5.40. The van der Waals surface area contributed by atoms with E-state index in [1.807, 2.05) is 13.8 Å². The Hall–Kier alpha value is -1.58. The molecular formula is C11H16N2O2. The fourth-order valence-electron chi connectivity index (χ4n) is 1.08. The second-order valence-corrected chi connectivity index (χ2v) is 3.61. The molecule has 0 saturated heterocycles. The van der Waals surface area contributed by atoms with Crippen LogP contribution in [0.5, 0.6) is 5.75 Å². The summed E-state index contributed by atoms with van der Waals surface area (Å²) in [5.74, 6) is 0.484. The van der Waals surface area contributed by atoms with Crippen molar-refractivity contribution in [2.24, 2.45) is 0 Å². The molecule has 82 valence electrons. The Balaban J connectivity index is 2.49. The Kier molecular flexibility index (Phi) is 4.09. The van der Waals surface area contributed by atoms with Crippen molar-refractivity contribution in [3.05, 3.63) is 24.5 Å². The molecule has 0 aromatic carbocycles. The van der Waals surface area contributed by atoms with Crippen LogP contribution >= 0.6 is 0 Å². The fraction of sp³-hybridized carbons (Fsp3) is 0.455. The molecular weight excluding hydrogens is 192 g/mol. The normalized spacial score (nSPS) is 12.3. The van der Waals surface area contributed by atoms with E-state index >= 15 is 0 Å². The van der Waals surface area contributed by atoms with Crippen molar-refractivity contribution in [2.45, 2.75) is 32.9 Å². The molecule has 0 bridgehead atoms. The van der Waals surface area contributed by atoms with Crippen molar-refractivity contribution in [3.63, 3.8) is 0 Å². The van der Waals surface area contributed by atoms with Crippen LogP contribution in [0.1, 0.15) is 20.8 Å². The first kappa shape index (κ1) is 11.5. The molecule has 1 atom stereocenters. The Morgan fingerprint density at radius 2 is 2.20 bits per heavy atom. The van der Waals surface area contributed by atoms with E-state index in [0.717, 1.165) is 0 Å². The maximum Gasteiger partial charge on any atom is 0.260 e. The number of nitrogens with one attached hydrogen (secondary N) is 1. The van der Waals surface area contributed by atoms with Crippen LogP contribution in [0.3, 0.4) is 0 Å². The topological polar surface area (TPSA) is 51.2 Å². The summed E-state index contributed by atoms with van der Waals surface area (Å²) in [4.78, 5) is 15.4. The Morgan fingerprint density at radius 3 is 2.73 bits per heavy atom. The molecule has 1 unspecified atom stereocenters. The van der Waals surface area contributed by atoms with Gasteiger partial charge in [-0.2, -0.15) is 0 Å². The minimum absolute atomic E-state index is 0.117. The molecule has 1 aromatic rings. The van der Waals surface area contributed by atoms with Crippen molar-refractivity contribution in [1.29, 1.82) is 0 Å². The third-order valence-electron chi connectivity index (χ3n) is 1.75. The number of pyridine rings is 1. The molecule has 4 nitrogen and oxygen atoms in total. The summed E-state index contributed by atoms with van der Waals surface area (Å²) in [7, 11) is 0. The van der Waals surface area contributed by atoms with Crippen molar-refractivity contribution in [3.8, 4) is 5.75 Å². The summed E-state index contributed by atoms with van der Waals surface area (Å²) in [6.07, 6.45) is 2.74. The Morgan fingerprint density at radius 1 is 1.47 bits per heavy atom. The van der Waals surface area contributed by atoms with Crippen molar-refractivity contribution >= 4 is 5.91 Å². The lowest BCUT2D eigenvalue weighted by Gasteiger charge is -2.15. The predicted octanol–water partition coefficient (Wildman–Crippen LogP) is 1.37. The third kappa shape index (κ3) is 3.97. The molecule has 0 fully saturated rings. The van der Waals surface area contributed by atoms with Crippen LogP contribution in [0.2, 0.25) is 0 Å². The van der Waals surface area contributed by atoms with Gasteiger partial charge in [0.25, 0.3) is 5.91 Å². The van der Waals surface area contributed by atoms with Crippen LogP contribution in [0, 0.1) is 0 Å². The first-order valence-electron chi connectivity index (χ1n) is 4.96. The highest BCUT2D eigenvalue weighted by atomic mass is 16.5. The van der Waals surface area contributed by atoms with Gasteiger partial charge in [-0.25, -0.2) is 0 Å². The summed E-state index contributed by atoms with van der Waals surface area (Å²) >= 11 is 0. The summed E-state index contributed by atoms with van der Waals surface area (Å²) in [5, 5.41) is 2.78. The number of nitrogens with zero attached hydrogens (tertiary/aromatic N) is 1. The number of ether oxygens (including phenoxy) is 1. The molecule has 1 N–H and O–H groups in total. The van der Waals surface area contributed by atoms with Gasteiger partial charge in [0, 0.05) is 12.2 Å². The van der Waals surface area contributed by atoms with Gasteiger partial charge >= 0.3 is 0 Å². The minimum Gasteiger partial charge on any atom is -0.479 e. The predicted molar refractivity (Wildman–Crippen MR) is 57.6 cm³/mol. The van der Waals surface area contributed by atoms with Crippen LogP contribution in [-0.4, -0.2) is 23.0 Å². The van der Waals surface area contributed by atoms with Gasteiger partial charge in [0.2, 0.25) is 0 Å². The van der Waals surface area contributed by atoms with E-state index in [9.17, 15) is 4.79 Å².